The molecule has 0 radical (unpaired) electrons. The Hall–Kier alpha value is -2.53. The largest absolute Gasteiger partial charge is 0.507 e. The fourth-order valence-electron chi connectivity index (χ4n) is 1.61. The molecule has 0 aromatic heterocycles. The van der Waals surface area contributed by atoms with E-state index < -0.39 is 5.91 Å². The Labute approximate surface area is 110 Å². The van der Waals surface area contributed by atoms with Gasteiger partial charge in [0.2, 0.25) is 0 Å². The summed E-state index contributed by atoms with van der Waals surface area (Å²) in [5, 5.41) is 9.55. The second-order valence-electron chi connectivity index (χ2n) is 3.93. The molecule has 98 valence electrons. The highest BCUT2D eigenvalue weighted by Crippen LogP contribution is 2.23. The highest BCUT2D eigenvalue weighted by Gasteiger charge is 2.11. The maximum Gasteiger partial charge on any atom is 0.269 e. The normalized spacial score (nSPS) is 9.95. The Bertz CT molecular complexity index is 570. The van der Waals surface area contributed by atoms with Gasteiger partial charge < -0.3 is 9.84 Å². The lowest BCUT2D eigenvalue weighted by Crippen LogP contribution is -2.30. The number of ether oxygens (including phenoxy) is 1. The van der Waals surface area contributed by atoms with E-state index in [4.69, 9.17) is 10.6 Å². The molecular formula is C14H14N2O3. The van der Waals surface area contributed by atoms with Crippen LogP contribution < -0.4 is 16.0 Å². The second kappa shape index (κ2) is 5.88. The number of nitrogen functional groups attached to an aromatic ring is 1. The molecule has 0 saturated carbocycles. The molecule has 0 fully saturated rings. The molecule has 0 bridgehead atoms. The number of amides is 1. The van der Waals surface area contributed by atoms with Gasteiger partial charge in [0, 0.05) is 0 Å². The van der Waals surface area contributed by atoms with Crippen molar-refractivity contribution in [3.63, 3.8) is 0 Å². The zero-order valence-electron chi connectivity index (χ0n) is 10.2. The highest BCUT2D eigenvalue weighted by atomic mass is 16.5. The summed E-state index contributed by atoms with van der Waals surface area (Å²) < 4.78 is 5.55. The van der Waals surface area contributed by atoms with E-state index in [-0.39, 0.29) is 11.3 Å². The number of aromatic hydroxyl groups is 1. The van der Waals surface area contributed by atoms with Gasteiger partial charge >= 0.3 is 0 Å². The van der Waals surface area contributed by atoms with Crippen LogP contribution >= 0.6 is 0 Å². The summed E-state index contributed by atoms with van der Waals surface area (Å²) in [6.45, 7) is 0.384. The van der Waals surface area contributed by atoms with Gasteiger partial charge in [-0.2, -0.15) is 0 Å². The highest BCUT2D eigenvalue weighted by molar-refractivity contribution is 5.96. The number of phenolic OH excluding ortho intramolecular Hbond substituents is 1. The molecule has 2 aromatic carbocycles. The fraction of sp³-hybridized carbons (Fsp3) is 0.0714. The topological polar surface area (TPSA) is 84.6 Å². The summed E-state index contributed by atoms with van der Waals surface area (Å²) in [6.07, 6.45) is 0. The predicted molar refractivity (Wildman–Crippen MR) is 70.5 cm³/mol. The summed E-state index contributed by atoms with van der Waals surface area (Å²) in [4.78, 5) is 11.4. The fourth-order valence-corrected chi connectivity index (χ4v) is 1.61. The minimum absolute atomic E-state index is 0.0769. The molecule has 0 aliphatic rings. The molecule has 1 amide bonds. The Kier molecular flexibility index (Phi) is 4.00. The van der Waals surface area contributed by atoms with Gasteiger partial charge in [0.15, 0.2) is 0 Å². The Morgan fingerprint density at radius 1 is 1.21 bits per heavy atom. The van der Waals surface area contributed by atoms with E-state index in [1.165, 1.54) is 12.1 Å². The molecule has 0 aliphatic carbocycles. The number of carbonyl (C=O) groups excluding carboxylic acids is 1. The van der Waals surface area contributed by atoms with Crippen LogP contribution in [0.3, 0.4) is 0 Å². The molecule has 0 unspecified atom stereocenters. The van der Waals surface area contributed by atoms with Gasteiger partial charge in [-0.15, -0.1) is 0 Å². The Morgan fingerprint density at radius 3 is 2.63 bits per heavy atom. The summed E-state index contributed by atoms with van der Waals surface area (Å²) in [6, 6.07) is 14.1. The van der Waals surface area contributed by atoms with Gasteiger partial charge in [-0.25, -0.2) is 5.84 Å². The lowest BCUT2D eigenvalue weighted by molar-refractivity contribution is 0.0950. The molecule has 0 spiro atoms. The molecule has 19 heavy (non-hydrogen) atoms. The van der Waals surface area contributed by atoms with Crippen molar-refractivity contribution in [2.24, 2.45) is 5.84 Å². The maximum atomic E-state index is 11.4. The first kappa shape index (κ1) is 12.9. The first-order valence-corrected chi connectivity index (χ1v) is 5.71. The van der Waals surface area contributed by atoms with Gasteiger partial charge in [-0.3, -0.25) is 10.2 Å². The van der Waals surface area contributed by atoms with Crippen molar-refractivity contribution in [1.29, 1.82) is 0 Å². The predicted octanol–water partition coefficient (Wildman–Crippen LogP) is 1.57. The van der Waals surface area contributed by atoms with Crippen LogP contribution in [0.1, 0.15) is 15.9 Å². The molecule has 0 atom stereocenters. The average Bonchev–Trinajstić information content (AvgIpc) is 2.46. The first-order chi connectivity index (χ1) is 9.20. The van der Waals surface area contributed by atoms with Crippen LogP contribution in [0.15, 0.2) is 48.5 Å². The maximum absolute atomic E-state index is 11.4. The van der Waals surface area contributed by atoms with Gasteiger partial charge in [0.05, 0.1) is 5.56 Å². The summed E-state index contributed by atoms with van der Waals surface area (Å²) in [7, 11) is 0. The van der Waals surface area contributed by atoms with E-state index in [1.54, 1.807) is 6.07 Å². The third-order valence-corrected chi connectivity index (χ3v) is 2.59. The smallest absolute Gasteiger partial charge is 0.269 e. The van der Waals surface area contributed by atoms with Crippen molar-refractivity contribution >= 4 is 5.91 Å². The van der Waals surface area contributed by atoms with E-state index >= 15 is 0 Å². The molecule has 2 aromatic rings. The van der Waals surface area contributed by atoms with Crippen LogP contribution in [-0.4, -0.2) is 11.0 Å². The van der Waals surface area contributed by atoms with E-state index in [0.29, 0.717) is 12.4 Å². The van der Waals surface area contributed by atoms with Crippen LogP contribution in [0.4, 0.5) is 0 Å². The summed E-state index contributed by atoms with van der Waals surface area (Å²) >= 11 is 0. The number of rotatable bonds is 4. The van der Waals surface area contributed by atoms with E-state index in [9.17, 15) is 9.90 Å². The number of nitrogens with two attached hydrogens (primary N) is 1. The standard InChI is InChI=1S/C14H14N2O3/c15-16-14(18)12-8-11(6-7-13(12)17)19-9-10-4-2-1-3-5-10/h1-8,17H,9,15H2,(H,16,18). The summed E-state index contributed by atoms with van der Waals surface area (Å²) in [5.41, 5.74) is 3.06. The Morgan fingerprint density at radius 2 is 1.95 bits per heavy atom. The molecule has 0 aliphatic heterocycles. The quantitative estimate of drug-likeness (QED) is 0.441. The molecule has 0 heterocycles. The lowest BCUT2D eigenvalue weighted by Gasteiger charge is -2.09. The van der Waals surface area contributed by atoms with Crippen molar-refractivity contribution in [1.82, 2.24) is 5.43 Å². The Balaban J connectivity index is 2.11. The zero-order valence-corrected chi connectivity index (χ0v) is 10.2. The summed E-state index contributed by atoms with van der Waals surface area (Å²) in [5.74, 6) is 4.81. The number of carbonyl (C=O) groups is 1. The van der Waals surface area contributed by atoms with E-state index in [1.807, 2.05) is 35.8 Å². The van der Waals surface area contributed by atoms with E-state index in [0.717, 1.165) is 5.56 Å². The molecule has 2 rings (SSSR count). The monoisotopic (exact) mass is 258 g/mol. The molecule has 0 saturated heterocycles. The first-order valence-electron chi connectivity index (χ1n) is 5.71. The third kappa shape index (κ3) is 3.23. The van der Waals surface area contributed by atoms with Gasteiger partial charge in [0.25, 0.3) is 5.91 Å². The minimum atomic E-state index is -0.567. The van der Waals surface area contributed by atoms with Gasteiger partial charge in [-0.05, 0) is 23.8 Å². The van der Waals surface area contributed by atoms with Crippen LogP contribution in [0, 0.1) is 0 Å². The third-order valence-electron chi connectivity index (χ3n) is 2.59. The zero-order chi connectivity index (χ0) is 13.7. The number of benzene rings is 2. The minimum Gasteiger partial charge on any atom is -0.507 e. The number of phenols is 1. The number of hydrazine groups is 1. The number of nitrogens with one attached hydrogen (secondary N) is 1. The van der Waals surface area contributed by atoms with Crippen LogP contribution in [0.5, 0.6) is 11.5 Å². The van der Waals surface area contributed by atoms with Crippen LogP contribution in [0.2, 0.25) is 0 Å². The van der Waals surface area contributed by atoms with Crippen molar-refractivity contribution in [2.45, 2.75) is 6.61 Å². The lowest BCUT2D eigenvalue weighted by atomic mass is 10.2. The average molecular weight is 258 g/mol. The molecule has 5 nitrogen and oxygen atoms in total. The van der Waals surface area contributed by atoms with Gasteiger partial charge in [0.1, 0.15) is 18.1 Å². The van der Waals surface area contributed by atoms with E-state index in [2.05, 4.69) is 0 Å². The number of hydrogen-bond donors (Lipinski definition) is 3. The van der Waals surface area contributed by atoms with Crippen LogP contribution in [-0.2, 0) is 6.61 Å². The van der Waals surface area contributed by atoms with Crippen LogP contribution in [0.25, 0.3) is 0 Å². The molecule has 4 N–H and O–H groups in total. The van der Waals surface area contributed by atoms with Crippen molar-refractivity contribution in [3.05, 3.63) is 59.7 Å². The SMILES string of the molecule is NNC(=O)c1cc(OCc2ccccc2)ccc1O. The van der Waals surface area contributed by atoms with Crippen molar-refractivity contribution < 1.29 is 14.6 Å². The second-order valence-corrected chi connectivity index (χ2v) is 3.93. The van der Waals surface area contributed by atoms with Crippen molar-refractivity contribution in [2.75, 3.05) is 0 Å². The van der Waals surface area contributed by atoms with Crippen molar-refractivity contribution in [3.8, 4) is 11.5 Å². The molecular weight excluding hydrogens is 244 g/mol. The van der Waals surface area contributed by atoms with Gasteiger partial charge in [-0.1, -0.05) is 30.3 Å². The molecule has 5 heteroatoms. The number of hydrogen-bond acceptors (Lipinski definition) is 4.